The number of anilines is 1. The van der Waals surface area contributed by atoms with Crippen LogP contribution in [0.4, 0.5) is 5.00 Å². The molecule has 0 bridgehead atoms. The molecular formula is C23H27N3O4S. The molecule has 4 rings (SSSR count). The van der Waals surface area contributed by atoms with Crippen LogP contribution in [-0.2, 0) is 17.6 Å². The van der Waals surface area contributed by atoms with E-state index in [1.54, 1.807) is 24.4 Å². The molecule has 0 spiro atoms. The van der Waals surface area contributed by atoms with Crippen molar-refractivity contribution in [3.05, 3.63) is 45.7 Å². The van der Waals surface area contributed by atoms with E-state index in [-0.39, 0.29) is 11.9 Å². The van der Waals surface area contributed by atoms with Crippen LogP contribution in [0.1, 0.15) is 64.2 Å². The Kier molecular flexibility index (Phi) is 6.00. The van der Waals surface area contributed by atoms with E-state index in [0.717, 1.165) is 29.7 Å². The van der Waals surface area contributed by atoms with Crippen LogP contribution in [0.25, 0.3) is 5.65 Å². The predicted octanol–water partition coefficient (Wildman–Crippen LogP) is 4.66. The number of imidazole rings is 1. The lowest BCUT2D eigenvalue weighted by molar-refractivity contribution is 0.0526. The molecule has 8 heteroatoms. The SMILES string of the molecule is CCOC(=O)c1c(NC(=O)c2c(C)nc3c(OCC)cccn23)sc2c1CCC(C)C2. The maximum Gasteiger partial charge on any atom is 0.341 e. The number of amides is 1. The highest BCUT2D eigenvalue weighted by Crippen LogP contribution is 2.40. The van der Waals surface area contributed by atoms with Crippen molar-refractivity contribution < 1.29 is 19.1 Å². The molecule has 0 fully saturated rings. The van der Waals surface area contributed by atoms with Gasteiger partial charge in [-0.15, -0.1) is 11.3 Å². The Morgan fingerprint density at radius 2 is 2.13 bits per heavy atom. The lowest BCUT2D eigenvalue weighted by Crippen LogP contribution is -2.18. The van der Waals surface area contributed by atoms with Crippen molar-refractivity contribution >= 4 is 33.9 Å². The van der Waals surface area contributed by atoms with Crippen LogP contribution in [0.2, 0.25) is 0 Å². The predicted molar refractivity (Wildman–Crippen MR) is 121 cm³/mol. The van der Waals surface area contributed by atoms with Crippen LogP contribution in [-0.4, -0.2) is 34.5 Å². The Bertz CT molecular complexity index is 1150. The number of pyridine rings is 1. The Morgan fingerprint density at radius 1 is 1.32 bits per heavy atom. The fourth-order valence-corrected chi connectivity index (χ4v) is 5.51. The minimum atomic E-state index is -0.377. The molecule has 1 amide bonds. The average Bonchev–Trinajstić information content (AvgIpc) is 3.25. The summed E-state index contributed by atoms with van der Waals surface area (Å²) in [6.07, 6.45) is 4.55. The monoisotopic (exact) mass is 441 g/mol. The van der Waals surface area contributed by atoms with Crippen molar-refractivity contribution in [1.29, 1.82) is 0 Å². The second kappa shape index (κ2) is 8.70. The molecule has 3 heterocycles. The van der Waals surface area contributed by atoms with E-state index in [9.17, 15) is 9.59 Å². The number of carbonyl (C=O) groups excluding carboxylic acids is 2. The fourth-order valence-electron chi connectivity index (χ4n) is 4.12. The van der Waals surface area contributed by atoms with Crippen molar-refractivity contribution in [2.75, 3.05) is 18.5 Å². The van der Waals surface area contributed by atoms with Gasteiger partial charge in [-0.2, -0.15) is 0 Å². The number of carbonyl (C=O) groups is 2. The van der Waals surface area contributed by atoms with E-state index in [4.69, 9.17) is 9.47 Å². The first kappa shape index (κ1) is 21.4. The van der Waals surface area contributed by atoms with E-state index in [2.05, 4.69) is 17.2 Å². The molecule has 1 atom stereocenters. The fraction of sp³-hybridized carbons (Fsp3) is 0.435. The Balaban J connectivity index is 1.73. The summed E-state index contributed by atoms with van der Waals surface area (Å²) >= 11 is 1.48. The van der Waals surface area contributed by atoms with Gasteiger partial charge in [-0.1, -0.05) is 6.92 Å². The summed E-state index contributed by atoms with van der Waals surface area (Å²) in [6.45, 7) is 8.50. The zero-order valence-electron chi connectivity index (χ0n) is 18.3. The van der Waals surface area contributed by atoms with Crippen LogP contribution >= 0.6 is 11.3 Å². The van der Waals surface area contributed by atoms with Gasteiger partial charge in [0.15, 0.2) is 11.4 Å². The summed E-state index contributed by atoms with van der Waals surface area (Å²) in [5.41, 5.74) is 3.13. The number of aryl methyl sites for hydroxylation is 1. The molecule has 3 aromatic heterocycles. The number of rotatable bonds is 6. The first-order chi connectivity index (χ1) is 14.9. The standard InChI is InChI=1S/C23H27N3O4S/c1-5-29-16-8-7-11-26-19(14(4)24-20(16)26)21(27)25-22-18(23(28)30-6-2)15-10-9-13(3)12-17(15)31-22/h7-8,11,13H,5-6,9-10,12H2,1-4H3,(H,25,27). The summed E-state index contributed by atoms with van der Waals surface area (Å²) in [4.78, 5) is 31.8. The number of nitrogens with one attached hydrogen (secondary N) is 1. The third-order valence-electron chi connectivity index (χ3n) is 5.52. The normalized spacial score (nSPS) is 15.5. The summed E-state index contributed by atoms with van der Waals surface area (Å²) in [7, 11) is 0. The maximum absolute atomic E-state index is 13.3. The minimum absolute atomic E-state index is 0.291. The van der Waals surface area contributed by atoms with E-state index in [0.29, 0.717) is 52.5 Å². The van der Waals surface area contributed by atoms with Gasteiger partial charge < -0.3 is 14.8 Å². The number of hydrogen-bond donors (Lipinski definition) is 1. The van der Waals surface area contributed by atoms with Crippen LogP contribution in [0.3, 0.4) is 0 Å². The molecule has 1 aliphatic rings. The highest BCUT2D eigenvalue weighted by molar-refractivity contribution is 7.17. The van der Waals surface area contributed by atoms with Crippen molar-refractivity contribution in [2.24, 2.45) is 5.92 Å². The third-order valence-corrected chi connectivity index (χ3v) is 6.69. The summed E-state index contributed by atoms with van der Waals surface area (Å²) < 4.78 is 12.7. The summed E-state index contributed by atoms with van der Waals surface area (Å²) in [5, 5.41) is 3.54. The number of thiophene rings is 1. The smallest absolute Gasteiger partial charge is 0.341 e. The molecule has 0 radical (unpaired) electrons. The van der Waals surface area contributed by atoms with Gasteiger partial charge in [0.2, 0.25) is 0 Å². The Hall–Kier alpha value is -2.87. The van der Waals surface area contributed by atoms with Gasteiger partial charge >= 0.3 is 5.97 Å². The Morgan fingerprint density at radius 3 is 2.87 bits per heavy atom. The summed E-state index contributed by atoms with van der Waals surface area (Å²) in [6, 6.07) is 3.66. The molecule has 3 aromatic rings. The van der Waals surface area contributed by atoms with Gasteiger partial charge in [0.1, 0.15) is 10.7 Å². The number of esters is 1. The molecule has 7 nitrogen and oxygen atoms in total. The molecule has 31 heavy (non-hydrogen) atoms. The first-order valence-corrected chi connectivity index (χ1v) is 11.5. The Labute approximate surface area is 185 Å². The molecular weight excluding hydrogens is 414 g/mol. The third kappa shape index (κ3) is 3.92. The molecule has 0 aliphatic heterocycles. The van der Waals surface area contributed by atoms with E-state index >= 15 is 0 Å². The zero-order valence-corrected chi connectivity index (χ0v) is 19.1. The molecule has 1 unspecified atom stereocenters. The molecule has 0 saturated carbocycles. The van der Waals surface area contributed by atoms with E-state index in [1.165, 1.54) is 11.3 Å². The molecule has 1 N–H and O–H groups in total. The maximum atomic E-state index is 13.3. The topological polar surface area (TPSA) is 81.9 Å². The molecule has 1 aliphatic carbocycles. The van der Waals surface area contributed by atoms with Crippen molar-refractivity contribution in [3.8, 4) is 5.75 Å². The van der Waals surface area contributed by atoms with Crippen molar-refractivity contribution in [3.63, 3.8) is 0 Å². The zero-order chi connectivity index (χ0) is 22.1. The number of fused-ring (bicyclic) bond motifs is 2. The highest BCUT2D eigenvalue weighted by Gasteiger charge is 2.30. The second-order valence-electron chi connectivity index (χ2n) is 7.78. The van der Waals surface area contributed by atoms with Crippen LogP contribution in [0.5, 0.6) is 5.75 Å². The number of nitrogens with zero attached hydrogens (tertiary/aromatic N) is 2. The molecule has 0 aromatic carbocycles. The van der Waals surface area contributed by atoms with Crippen molar-refractivity contribution in [2.45, 2.75) is 47.0 Å². The van der Waals surface area contributed by atoms with E-state index in [1.807, 2.05) is 19.1 Å². The van der Waals surface area contributed by atoms with Crippen molar-refractivity contribution in [1.82, 2.24) is 9.38 Å². The van der Waals surface area contributed by atoms with Crippen LogP contribution in [0, 0.1) is 12.8 Å². The quantitative estimate of drug-likeness (QED) is 0.563. The van der Waals surface area contributed by atoms with Gasteiger partial charge in [0.25, 0.3) is 5.91 Å². The minimum Gasteiger partial charge on any atom is -0.490 e. The van der Waals surface area contributed by atoms with Crippen LogP contribution in [0.15, 0.2) is 18.3 Å². The largest absolute Gasteiger partial charge is 0.490 e. The van der Waals surface area contributed by atoms with Gasteiger partial charge in [0.05, 0.1) is 24.5 Å². The number of ether oxygens (including phenoxy) is 2. The lowest BCUT2D eigenvalue weighted by Gasteiger charge is -2.18. The summed E-state index contributed by atoms with van der Waals surface area (Å²) in [5.74, 6) is 0.497. The van der Waals surface area contributed by atoms with Crippen LogP contribution < -0.4 is 10.1 Å². The number of aromatic nitrogens is 2. The van der Waals surface area contributed by atoms with Gasteiger partial charge in [-0.05, 0) is 63.6 Å². The second-order valence-corrected chi connectivity index (χ2v) is 8.88. The lowest BCUT2D eigenvalue weighted by atomic mass is 9.88. The van der Waals surface area contributed by atoms with E-state index < -0.39 is 0 Å². The van der Waals surface area contributed by atoms with Gasteiger partial charge in [0, 0.05) is 11.1 Å². The molecule has 164 valence electrons. The number of hydrogen-bond acceptors (Lipinski definition) is 6. The van der Waals surface area contributed by atoms with Gasteiger partial charge in [-0.3, -0.25) is 9.20 Å². The van der Waals surface area contributed by atoms with Gasteiger partial charge in [-0.25, -0.2) is 9.78 Å². The highest BCUT2D eigenvalue weighted by atomic mass is 32.1. The average molecular weight is 442 g/mol. The first-order valence-electron chi connectivity index (χ1n) is 10.7. The molecule has 0 saturated heterocycles.